The van der Waals surface area contributed by atoms with Crippen LogP contribution in [0.4, 0.5) is 0 Å². The number of likely N-dealkylation sites (tertiary alicyclic amines) is 1. The fraction of sp³-hybridized carbons (Fsp3) is 0.750. The van der Waals surface area contributed by atoms with E-state index in [-0.39, 0.29) is 11.3 Å². The molecule has 1 amide bonds. The lowest BCUT2D eigenvalue weighted by atomic mass is 9.79. The van der Waals surface area contributed by atoms with Gasteiger partial charge < -0.3 is 5.32 Å². The minimum absolute atomic E-state index is 0.163. The molecular formula is C12H18N4O2. The predicted octanol–water partition coefficient (Wildman–Crippen LogP) is 0.480. The van der Waals surface area contributed by atoms with Gasteiger partial charge in [-0.2, -0.15) is 0 Å². The average molecular weight is 250 g/mol. The minimum Gasteiger partial charge on any atom is -0.356 e. The highest BCUT2D eigenvalue weighted by atomic mass is 16.6. The quantitative estimate of drug-likeness (QED) is 0.826. The monoisotopic (exact) mass is 250 g/mol. The van der Waals surface area contributed by atoms with Crippen molar-refractivity contribution in [2.45, 2.75) is 32.7 Å². The molecule has 3 rings (SSSR count). The summed E-state index contributed by atoms with van der Waals surface area (Å²) < 4.78 is 4.71. The zero-order valence-corrected chi connectivity index (χ0v) is 10.6. The van der Waals surface area contributed by atoms with Gasteiger partial charge in [-0.3, -0.25) is 9.69 Å². The molecule has 0 unspecified atom stereocenters. The Morgan fingerprint density at radius 1 is 1.44 bits per heavy atom. The Labute approximate surface area is 106 Å². The van der Waals surface area contributed by atoms with Crippen molar-refractivity contribution in [1.82, 2.24) is 20.5 Å². The van der Waals surface area contributed by atoms with E-state index < -0.39 is 0 Å². The molecule has 6 heteroatoms. The van der Waals surface area contributed by atoms with E-state index in [0.717, 1.165) is 56.8 Å². The van der Waals surface area contributed by atoms with Crippen LogP contribution in [0.1, 0.15) is 30.7 Å². The van der Waals surface area contributed by atoms with Gasteiger partial charge in [-0.15, -0.1) is 0 Å². The van der Waals surface area contributed by atoms with Crippen molar-refractivity contribution in [1.29, 1.82) is 0 Å². The van der Waals surface area contributed by atoms with E-state index in [4.69, 9.17) is 4.63 Å². The van der Waals surface area contributed by atoms with Crippen molar-refractivity contribution in [3.63, 3.8) is 0 Å². The summed E-state index contributed by atoms with van der Waals surface area (Å²) in [5.74, 6) is 0.228. The van der Waals surface area contributed by atoms with Gasteiger partial charge in [0.2, 0.25) is 5.91 Å². The van der Waals surface area contributed by atoms with Gasteiger partial charge in [0.15, 0.2) is 0 Å². The average Bonchev–Trinajstić information content (AvgIpc) is 2.93. The van der Waals surface area contributed by atoms with Crippen LogP contribution in [0.2, 0.25) is 0 Å². The molecular weight excluding hydrogens is 232 g/mol. The molecule has 1 aromatic rings. The molecule has 2 saturated heterocycles. The highest BCUT2D eigenvalue weighted by Crippen LogP contribution is 2.37. The van der Waals surface area contributed by atoms with Crippen LogP contribution in [-0.4, -0.2) is 40.8 Å². The minimum atomic E-state index is -0.163. The Morgan fingerprint density at radius 2 is 2.33 bits per heavy atom. The smallest absolute Gasteiger partial charge is 0.227 e. The maximum atomic E-state index is 12.0. The number of hydrogen-bond donors (Lipinski definition) is 1. The van der Waals surface area contributed by atoms with E-state index >= 15 is 0 Å². The summed E-state index contributed by atoms with van der Waals surface area (Å²) in [6.45, 7) is 5.22. The summed E-state index contributed by atoms with van der Waals surface area (Å²) >= 11 is 0. The standard InChI is InChI=1S/C12H18N4O2/c1-9-10(15-18-14-9)7-16-6-4-12(8-16)3-2-5-13-11(12)17/h2-8H2,1H3,(H,13,17)/t12-/m0/s1. The van der Waals surface area contributed by atoms with Crippen LogP contribution in [0, 0.1) is 12.3 Å². The normalized spacial score (nSPS) is 28.8. The topological polar surface area (TPSA) is 71.3 Å². The van der Waals surface area contributed by atoms with Crippen LogP contribution in [-0.2, 0) is 11.3 Å². The van der Waals surface area contributed by atoms with Crippen LogP contribution >= 0.6 is 0 Å². The highest BCUT2D eigenvalue weighted by Gasteiger charge is 2.45. The molecule has 3 heterocycles. The molecule has 1 N–H and O–H groups in total. The largest absolute Gasteiger partial charge is 0.356 e. The van der Waals surface area contributed by atoms with Crippen molar-refractivity contribution in [3.05, 3.63) is 11.4 Å². The third-order valence-electron chi connectivity index (χ3n) is 4.15. The van der Waals surface area contributed by atoms with Crippen LogP contribution in [0.3, 0.4) is 0 Å². The van der Waals surface area contributed by atoms with E-state index in [1.54, 1.807) is 0 Å². The number of aromatic nitrogens is 2. The van der Waals surface area contributed by atoms with Crippen molar-refractivity contribution in [2.75, 3.05) is 19.6 Å². The summed E-state index contributed by atoms with van der Waals surface area (Å²) in [4.78, 5) is 14.3. The molecule has 0 aliphatic carbocycles. The molecule has 18 heavy (non-hydrogen) atoms. The summed E-state index contributed by atoms with van der Waals surface area (Å²) in [5, 5.41) is 10.7. The fourth-order valence-corrected chi connectivity index (χ4v) is 3.02. The summed E-state index contributed by atoms with van der Waals surface area (Å²) in [6, 6.07) is 0. The molecule has 0 radical (unpaired) electrons. The molecule has 98 valence electrons. The van der Waals surface area contributed by atoms with E-state index in [1.807, 2.05) is 6.92 Å². The first-order valence-electron chi connectivity index (χ1n) is 6.48. The maximum absolute atomic E-state index is 12.0. The van der Waals surface area contributed by atoms with Gasteiger partial charge in [-0.25, -0.2) is 4.63 Å². The molecule has 1 spiro atoms. The molecule has 0 saturated carbocycles. The van der Waals surface area contributed by atoms with Gasteiger partial charge in [-0.1, -0.05) is 10.3 Å². The Hall–Kier alpha value is -1.43. The SMILES string of the molecule is Cc1nonc1CN1CC[C@@]2(CCCNC2=O)C1. The predicted molar refractivity (Wildman–Crippen MR) is 63.6 cm³/mol. The Morgan fingerprint density at radius 3 is 3.06 bits per heavy atom. The van der Waals surface area contributed by atoms with E-state index in [9.17, 15) is 4.79 Å². The van der Waals surface area contributed by atoms with Crippen molar-refractivity contribution in [3.8, 4) is 0 Å². The second-order valence-corrected chi connectivity index (χ2v) is 5.40. The van der Waals surface area contributed by atoms with Gasteiger partial charge in [0.05, 0.1) is 5.41 Å². The Bertz CT molecular complexity index is 459. The van der Waals surface area contributed by atoms with E-state index in [1.165, 1.54) is 0 Å². The molecule has 2 aliphatic rings. The summed E-state index contributed by atoms with van der Waals surface area (Å²) in [6.07, 6.45) is 3.04. The van der Waals surface area contributed by atoms with Gasteiger partial charge in [0.1, 0.15) is 11.4 Å². The molecule has 1 aromatic heterocycles. The van der Waals surface area contributed by atoms with Gasteiger partial charge in [0, 0.05) is 19.6 Å². The number of amides is 1. The number of piperidine rings is 1. The Balaban J connectivity index is 1.68. The first kappa shape index (κ1) is 11.6. The third-order valence-corrected chi connectivity index (χ3v) is 4.15. The van der Waals surface area contributed by atoms with E-state index in [2.05, 4.69) is 20.5 Å². The van der Waals surface area contributed by atoms with Crippen LogP contribution in [0.25, 0.3) is 0 Å². The van der Waals surface area contributed by atoms with Crippen LogP contribution in [0.15, 0.2) is 4.63 Å². The van der Waals surface area contributed by atoms with Gasteiger partial charge >= 0.3 is 0 Å². The zero-order valence-electron chi connectivity index (χ0n) is 10.6. The van der Waals surface area contributed by atoms with Crippen molar-refractivity contribution in [2.24, 2.45) is 5.41 Å². The number of nitrogens with zero attached hydrogens (tertiary/aromatic N) is 3. The number of carbonyl (C=O) groups excluding carboxylic acids is 1. The number of rotatable bonds is 2. The maximum Gasteiger partial charge on any atom is 0.227 e. The number of aryl methyl sites for hydroxylation is 1. The van der Waals surface area contributed by atoms with Crippen LogP contribution < -0.4 is 5.32 Å². The third kappa shape index (κ3) is 1.90. The first-order chi connectivity index (χ1) is 8.70. The van der Waals surface area contributed by atoms with Crippen LogP contribution in [0.5, 0.6) is 0 Å². The second kappa shape index (κ2) is 4.35. The second-order valence-electron chi connectivity index (χ2n) is 5.40. The molecule has 6 nitrogen and oxygen atoms in total. The summed E-state index contributed by atoms with van der Waals surface area (Å²) in [7, 11) is 0. The number of nitrogens with one attached hydrogen (secondary N) is 1. The van der Waals surface area contributed by atoms with Crippen molar-refractivity contribution >= 4 is 5.91 Å². The summed E-state index contributed by atoms with van der Waals surface area (Å²) in [5.41, 5.74) is 1.55. The first-order valence-corrected chi connectivity index (χ1v) is 6.48. The fourth-order valence-electron chi connectivity index (χ4n) is 3.02. The molecule has 1 atom stereocenters. The lowest BCUT2D eigenvalue weighted by Gasteiger charge is -2.32. The molecule has 0 bridgehead atoms. The lowest BCUT2D eigenvalue weighted by molar-refractivity contribution is -0.132. The van der Waals surface area contributed by atoms with Crippen molar-refractivity contribution < 1.29 is 9.42 Å². The van der Waals surface area contributed by atoms with Gasteiger partial charge in [-0.05, 0) is 32.7 Å². The number of carbonyl (C=O) groups is 1. The zero-order chi connectivity index (χ0) is 12.6. The number of hydrogen-bond acceptors (Lipinski definition) is 5. The van der Waals surface area contributed by atoms with Gasteiger partial charge in [0.25, 0.3) is 0 Å². The molecule has 2 aliphatic heterocycles. The molecule has 0 aromatic carbocycles. The highest BCUT2D eigenvalue weighted by molar-refractivity contribution is 5.83. The Kier molecular flexibility index (Phi) is 2.81. The lowest BCUT2D eigenvalue weighted by Crippen LogP contribution is -2.47. The molecule has 2 fully saturated rings. The van der Waals surface area contributed by atoms with E-state index in [0.29, 0.717) is 0 Å².